The van der Waals surface area contributed by atoms with Crippen molar-refractivity contribution in [2.75, 3.05) is 6.54 Å². The maximum atomic E-state index is 12.3. The lowest BCUT2D eigenvalue weighted by Crippen LogP contribution is -2.44. The van der Waals surface area contributed by atoms with Crippen molar-refractivity contribution in [3.8, 4) is 0 Å². The Balaban J connectivity index is 1.63. The Bertz CT molecular complexity index is 841. The molecule has 2 heterocycles. The largest absolute Gasteiger partial charge is 0.351 e. The first kappa shape index (κ1) is 18.4. The van der Waals surface area contributed by atoms with Crippen molar-refractivity contribution in [1.29, 1.82) is 0 Å². The molecular formula is C17H24N4O2S2. The fourth-order valence-electron chi connectivity index (χ4n) is 2.82. The summed E-state index contributed by atoms with van der Waals surface area (Å²) in [6, 6.07) is 0.0851. The average molecular weight is 381 g/mol. The summed E-state index contributed by atoms with van der Waals surface area (Å²) < 4.78 is 0. The summed E-state index contributed by atoms with van der Waals surface area (Å²) in [5.74, 6) is 1.64. The number of aromatic amines is 1. The number of carbonyl (C=O) groups is 1. The molecule has 1 aliphatic rings. The number of hydrogen-bond acceptors (Lipinski definition) is 6. The maximum absolute atomic E-state index is 12.3. The summed E-state index contributed by atoms with van der Waals surface area (Å²) in [6.07, 6.45) is 2.29. The van der Waals surface area contributed by atoms with E-state index in [0.717, 1.165) is 28.1 Å². The highest BCUT2D eigenvalue weighted by Crippen LogP contribution is 2.32. The van der Waals surface area contributed by atoms with Gasteiger partial charge in [0.25, 0.3) is 5.56 Å². The molecule has 25 heavy (non-hydrogen) atoms. The average Bonchev–Trinajstić information content (AvgIpc) is 3.37. The highest BCUT2D eigenvalue weighted by molar-refractivity contribution is 7.99. The lowest BCUT2D eigenvalue weighted by Gasteiger charge is -2.19. The topological polar surface area (TPSA) is 101 Å². The second kappa shape index (κ2) is 7.47. The van der Waals surface area contributed by atoms with Crippen LogP contribution in [0.5, 0.6) is 0 Å². The summed E-state index contributed by atoms with van der Waals surface area (Å²) in [5, 5.41) is 3.50. The molecule has 1 aliphatic carbocycles. The summed E-state index contributed by atoms with van der Waals surface area (Å²) in [4.78, 5) is 33.9. The number of H-pyrrole nitrogens is 1. The van der Waals surface area contributed by atoms with Crippen LogP contribution in [0.15, 0.2) is 4.79 Å². The number of rotatable bonds is 7. The molecule has 0 aromatic carbocycles. The number of nitrogens with two attached hydrogens (primary N) is 1. The SMILES string of the molecule is Cc1sc2nc(CSC(C)C(=O)NC(CN)C3CC3)[nH]c(=O)c2c1C. The molecule has 2 aromatic rings. The Morgan fingerprint density at radius 1 is 1.48 bits per heavy atom. The van der Waals surface area contributed by atoms with Gasteiger partial charge in [-0.05, 0) is 45.1 Å². The lowest BCUT2D eigenvalue weighted by atomic mass is 10.2. The Labute approximate surface area is 155 Å². The number of amides is 1. The highest BCUT2D eigenvalue weighted by atomic mass is 32.2. The van der Waals surface area contributed by atoms with Crippen molar-refractivity contribution in [3.05, 3.63) is 26.6 Å². The standard InChI is InChI=1S/C17H24N4O2S2/c1-8-9(2)25-17-14(8)16(23)20-13(21-17)7-24-10(3)15(22)19-12(6-18)11-4-5-11/h10-12H,4-7,18H2,1-3H3,(H,19,22)(H,20,21,23). The molecule has 2 unspecified atom stereocenters. The van der Waals surface area contributed by atoms with Crippen LogP contribution in [0.4, 0.5) is 0 Å². The summed E-state index contributed by atoms with van der Waals surface area (Å²) >= 11 is 3.01. The third-order valence-corrected chi connectivity index (χ3v) is 6.96. The molecule has 1 fully saturated rings. The van der Waals surface area contributed by atoms with Gasteiger partial charge in [0.05, 0.1) is 16.4 Å². The molecular weight excluding hydrogens is 356 g/mol. The Morgan fingerprint density at radius 2 is 2.20 bits per heavy atom. The van der Waals surface area contributed by atoms with Crippen LogP contribution in [-0.2, 0) is 10.5 Å². The van der Waals surface area contributed by atoms with Gasteiger partial charge in [0, 0.05) is 17.5 Å². The molecule has 4 N–H and O–H groups in total. The van der Waals surface area contributed by atoms with E-state index in [0.29, 0.717) is 29.4 Å². The van der Waals surface area contributed by atoms with Crippen LogP contribution in [0.2, 0.25) is 0 Å². The van der Waals surface area contributed by atoms with E-state index in [2.05, 4.69) is 15.3 Å². The Hall–Kier alpha value is -1.38. The van der Waals surface area contributed by atoms with Gasteiger partial charge in [0.1, 0.15) is 10.7 Å². The van der Waals surface area contributed by atoms with E-state index in [1.165, 1.54) is 23.1 Å². The fraction of sp³-hybridized carbons (Fsp3) is 0.588. The maximum Gasteiger partial charge on any atom is 0.259 e. The lowest BCUT2D eigenvalue weighted by molar-refractivity contribution is -0.121. The van der Waals surface area contributed by atoms with Crippen LogP contribution in [0.3, 0.4) is 0 Å². The first-order chi connectivity index (χ1) is 11.9. The van der Waals surface area contributed by atoms with E-state index in [9.17, 15) is 9.59 Å². The van der Waals surface area contributed by atoms with Gasteiger partial charge in [-0.1, -0.05) is 0 Å². The number of aromatic nitrogens is 2. The van der Waals surface area contributed by atoms with Crippen LogP contribution in [0.25, 0.3) is 10.2 Å². The summed E-state index contributed by atoms with van der Waals surface area (Å²) in [7, 11) is 0. The molecule has 3 rings (SSSR count). The van der Waals surface area contributed by atoms with Crippen LogP contribution >= 0.6 is 23.1 Å². The molecule has 0 saturated heterocycles. The van der Waals surface area contributed by atoms with Gasteiger partial charge in [-0.3, -0.25) is 9.59 Å². The first-order valence-corrected chi connectivity index (χ1v) is 10.4. The molecule has 8 heteroatoms. The van der Waals surface area contributed by atoms with Gasteiger partial charge >= 0.3 is 0 Å². The van der Waals surface area contributed by atoms with Crippen molar-refractivity contribution in [3.63, 3.8) is 0 Å². The van der Waals surface area contributed by atoms with E-state index in [-0.39, 0.29) is 22.8 Å². The monoisotopic (exact) mass is 380 g/mol. The minimum atomic E-state index is -0.222. The van der Waals surface area contributed by atoms with Crippen molar-refractivity contribution in [2.45, 2.75) is 50.7 Å². The molecule has 136 valence electrons. The van der Waals surface area contributed by atoms with Crippen molar-refractivity contribution in [1.82, 2.24) is 15.3 Å². The normalized spacial score (nSPS) is 16.8. The predicted octanol–water partition coefficient (Wildman–Crippen LogP) is 2.08. The van der Waals surface area contributed by atoms with Crippen molar-refractivity contribution in [2.24, 2.45) is 11.7 Å². The van der Waals surface area contributed by atoms with Crippen LogP contribution in [0, 0.1) is 19.8 Å². The fourth-order valence-corrected chi connectivity index (χ4v) is 4.63. The number of thioether (sulfide) groups is 1. The second-order valence-electron chi connectivity index (χ2n) is 6.62. The number of hydrogen-bond donors (Lipinski definition) is 3. The highest BCUT2D eigenvalue weighted by Gasteiger charge is 2.32. The zero-order valence-corrected chi connectivity index (χ0v) is 16.4. The molecule has 0 aliphatic heterocycles. The van der Waals surface area contributed by atoms with E-state index < -0.39 is 0 Å². The second-order valence-corrected chi connectivity index (χ2v) is 9.15. The van der Waals surface area contributed by atoms with Crippen LogP contribution in [-0.4, -0.2) is 33.7 Å². The van der Waals surface area contributed by atoms with E-state index >= 15 is 0 Å². The van der Waals surface area contributed by atoms with Crippen molar-refractivity contribution >= 4 is 39.2 Å². The number of fused-ring (bicyclic) bond motifs is 1. The number of aryl methyl sites for hydroxylation is 2. The number of carbonyl (C=O) groups excluding carboxylic acids is 1. The van der Waals surface area contributed by atoms with Crippen molar-refractivity contribution < 1.29 is 4.79 Å². The number of nitrogens with zero attached hydrogens (tertiary/aromatic N) is 1. The van der Waals surface area contributed by atoms with Gasteiger partial charge in [-0.2, -0.15) is 0 Å². The molecule has 1 amide bonds. The minimum absolute atomic E-state index is 0.00131. The molecule has 0 spiro atoms. The number of nitrogens with one attached hydrogen (secondary N) is 2. The third kappa shape index (κ3) is 4.07. The summed E-state index contributed by atoms with van der Waals surface area (Å²) in [6.45, 7) is 6.29. The Morgan fingerprint density at radius 3 is 2.84 bits per heavy atom. The third-order valence-electron chi connectivity index (χ3n) is 4.70. The van der Waals surface area contributed by atoms with Crippen LogP contribution in [0.1, 0.15) is 36.0 Å². The van der Waals surface area contributed by atoms with Gasteiger partial charge in [0.15, 0.2) is 0 Å². The van der Waals surface area contributed by atoms with Gasteiger partial charge < -0.3 is 16.0 Å². The van der Waals surface area contributed by atoms with Gasteiger partial charge in [0.2, 0.25) is 5.91 Å². The minimum Gasteiger partial charge on any atom is -0.351 e. The molecule has 0 radical (unpaired) electrons. The first-order valence-electron chi connectivity index (χ1n) is 8.51. The molecule has 6 nitrogen and oxygen atoms in total. The van der Waals surface area contributed by atoms with Crippen LogP contribution < -0.4 is 16.6 Å². The molecule has 2 aromatic heterocycles. The zero-order valence-electron chi connectivity index (χ0n) is 14.7. The molecule has 2 atom stereocenters. The van der Waals surface area contributed by atoms with Gasteiger partial charge in [-0.15, -0.1) is 23.1 Å². The summed E-state index contributed by atoms with van der Waals surface area (Å²) in [5.41, 5.74) is 6.63. The Kier molecular flexibility index (Phi) is 5.50. The predicted molar refractivity (Wildman–Crippen MR) is 104 cm³/mol. The molecule has 1 saturated carbocycles. The molecule has 0 bridgehead atoms. The van der Waals surface area contributed by atoms with Gasteiger partial charge in [-0.25, -0.2) is 4.98 Å². The number of thiophene rings is 1. The quantitative estimate of drug-likeness (QED) is 0.683. The smallest absolute Gasteiger partial charge is 0.259 e. The van der Waals surface area contributed by atoms with E-state index in [1.54, 1.807) is 0 Å². The van der Waals surface area contributed by atoms with E-state index in [1.807, 2.05) is 20.8 Å². The zero-order chi connectivity index (χ0) is 18.1. The van der Waals surface area contributed by atoms with E-state index in [4.69, 9.17) is 5.73 Å².